The predicted molar refractivity (Wildman–Crippen MR) is 151 cm³/mol. The number of nitrogens with zero attached hydrogens (tertiary/aromatic N) is 6. The first kappa shape index (κ1) is 29.7. The minimum absolute atomic E-state index is 0.00135. The Morgan fingerprint density at radius 1 is 1.19 bits per heavy atom. The molecule has 5 rings (SSSR count). The molecule has 4 aromatic heterocycles. The topological polar surface area (TPSA) is 150 Å². The fourth-order valence-electron chi connectivity index (χ4n) is 4.60. The summed E-state index contributed by atoms with van der Waals surface area (Å²) in [5.41, 5.74) is 7.10. The summed E-state index contributed by atoms with van der Waals surface area (Å²) in [6.45, 7) is 5.18. The summed E-state index contributed by atoms with van der Waals surface area (Å²) >= 11 is 0. The molecule has 15 heteroatoms. The molecule has 12 nitrogen and oxygen atoms in total. The molecule has 4 N–H and O–H groups in total. The molecule has 0 radical (unpaired) electrons. The van der Waals surface area contributed by atoms with Crippen molar-refractivity contribution in [1.82, 2.24) is 34.6 Å². The van der Waals surface area contributed by atoms with Gasteiger partial charge in [0.15, 0.2) is 17.2 Å². The number of fused-ring (bicyclic) bond motifs is 1. The van der Waals surface area contributed by atoms with Gasteiger partial charge >= 0.3 is 6.18 Å². The third kappa shape index (κ3) is 6.67. The number of ether oxygens (including phenoxy) is 1. The molecule has 0 unspecified atom stereocenters. The molecule has 0 aliphatic heterocycles. The van der Waals surface area contributed by atoms with Gasteiger partial charge in [0.2, 0.25) is 0 Å². The SMILES string of the molecule is CCc1cc(Nc2nccn3c(-c4cn(Cc5cc(C)on5)nc4C(F)(F)F)cnc23)ccc1C(=O)NCCOCCN. The summed E-state index contributed by atoms with van der Waals surface area (Å²) in [7, 11) is 0. The molecule has 0 aliphatic carbocycles. The van der Waals surface area contributed by atoms with Crippen LogP contribution in [0.1, 0.15) is 40.0 Å². The normalized spacial score (nSPS) is 11.8. The first-order chi connectivity index (χ1) is 20.7. The highest BCUT2D eigenvalue weighted by atomic mass is 19.4. The van der Waals surface area contributed by atoms with Gasteiger partial charge in [-0.05, 0) is 37.1 Å². The van der Waals surface area contributed by atoms with Crippen molar-refractivity contribution < 1.29 is 27.2 Å². The van der Waals surface area contributed by atoms with E-state index < -0.39 is 11.9 Å². The van der Waals surface area contributed by atoms with E-state index in [1.165, 1.54) is 33.9 Å². The quantitative estimate of drug-likeness (QED) is 0.182. The van der Waals surface area contributed by atoms with Gasteiger partial charge in [0.05, 0.1) is 37.2 Å². The Morgan fingerprint density at radius 3 is 2.74 bits per heavy atom. The van der Waals surface area contributed by atoms with Gasteiger partial charge in [-0.15, -0.1) is 0 Å². The van der Waals surface area contributed by atoms with Crippen molar-refractivity contribution in [1.29, 1.82) is 0 Å². The maximum atomic E-state index is 14.0. The van der Waals surface area contributed by atoms with Crippen LogP contribution in [0.5, 0.6) is 0 Å². The molecule has 0 saturated heterocycles. The van der Waals surface area contributed by atoms with E-state index in [0.717, 1.165) is 5.56 Å². The van der Waals surface area contributed by atoms with Crippen LogP contribution in [0.15, 0.2) is 53.6 Å². The molecule has 0 spiro atoms. The van der Waals surface area contributed by atoms with Crippen LogP contribution in [0.25, 0.3) is 16.9 Å². The number of aryl methyl sites for hydroxylation is 2. The number of anilines is 2. The van der Waals surface area contributed by atoms with Crippen LogP contribution in [0.4, 0.5) is 24.7 Å². The van der Waals surface area contributed by atoms with Crippen LogP contribution < -0.4 is 16.4 Å². The second-order valence-corrected chi connectivity index (χ2v) is 9.64. The number of rotatable bonds is 12. The molecule has 226 valence electrons. The third-order valence-corrected chi connectivity index (χ3v) is 6.52. The van der Waals surface area contributed by atoms with Crippen LogP contribution in [-0.2, 0) is 23.9 Å². The number of amides is 1. The first-order valence-corrected chi connectivity index (χ1v) is 13.5. The number of alkyl halides is 3. The summed E-state index contributed by atoms with van der Waals surface area (Å²) in [5.74, 6) is 0.641. The molecule has 43 heavy (non-hydrogen) atoms. The fourth-order valence-corrected chi connectivity index (χ4v) is 4.60. The van der Waals surface area contributed by atoms with Crippen LogP contribution in [0.2, 0.25) is 0 Å². The first-order valence-electron chi connectivity index (χ1n) is 13.5. The van der Waals surface area contributed by atoms with Crippen molar-refractivity contribution in [3.8, 4) is 11.3 Å². The Bertz CT molecular complexity index is 1730. The molecule has 0 bridgehead atoms. The van der Waals surface area contributed by atoms with Crippen LogP contribution in [-0.4, -0.2) is 61.5 Å². The Labute approximate surface area is 244 Å². The number of halogens is 3. The van der Waals surface area contributed by atoms with Gasteiger partial charge in [-0.1, -0.05) is 12.1 Å². The molecule has 5 aromatic rings. The van der Waals surface area contributed by atoms with Gasteiger partial charge in [0.25, 0.3) is 5.91 Å². The van der Waals surface area contributed by atoms with E-state index in [0.29, 0.717) is 66.9 Å². The number of hydrogen-bond donors (Lipinski definition) is 3. The van der Waals surface area contributed by atoms with Crippen molar-refractivity contribution in [2.24, 2.45) is 5.73 Å². The van der Waals surface area contributed by atoms with Crippen molar-refractivity contribution in [3.05, 3.63) is 77.3 Å². The molecule has 1 aromatic carbocycles. The average molecular weight is 598 g/mol. The third-order valence-electron chi connectivity index (χ3n) is 6.52. The summed E-state index contributed by atoms with van der Waals surface area (Å²) in [4.78, 5) is 21.4. The Hall–Kier alpha value is -4.76. The predicted octanol–water partition coefficient (Wildman–Crippen LogP) is 3.97. The lowest BCUT2D eigenvalue weighted by Gasteiger charge is -2.13. The Morgan fingerprint density at radius 2 is 2.02 bits per heavy atom. The molecular weight excluding hydrogens is 567 g/mol. The maximum Gasteiger partial charge on any atom is 0.435 e. The fraction of sp³-hybridized carbons (Fsp3) is 0.321. The summed E-state index contributed by atoms with van der Waals surface area (Å²) in [5, 5.41) is 13.7. The van der Waals surface area contributed by atoms with Gasteiger partial charge in [0.1, 0.15) is 11.5 Å². The van der Waals surface area contributed by atoms with Gasteiger partial charge in [-0.3, -0.25) is 13.9 Å². The zero-order valence-corrected chi connectivity index (χ0v) is 23.5. The Balaban J connectivity index is 1.40. The van der Waals surface area contributed by atoms with E-state index in [1.807, 2.05) is 13.0 Å². The number of imidazole rings is 1. The number of carbonyl (C=O) groups excluding carboxylic acids is 1. The molecule has 0 saturated carbocycles. The zero-order valence-electron chi connectivity index (χ0n) is 23.5. The van der Waals surface area contributed by atoms with E-state index in [4.69, 9.17) is 15.0 Å². The molecule has 0 aliphatic rings. The van der Waals surface area contributed by atoms with Gasteiger partial charge in [-0.2, -0.15) is 18.3 Å². The van der Waals surface area contributed by atoms with E-state index in [-0.39, 0.29) is 23.7 Å². The van der Waals surface area contributed by atoms with Crippen LogP contribution in [0, 0.1) is 6.92 Å². The maximum absolute atomic E-state index is 14.0. The minimum Gasteiger partial charge on any atom is -0.378 e. The molecule has 4 heterocycles. The second-order valence-electron chi connectivity index (χ2n) is 9.64. The van der Waals surface area contributed by atoms with Gasteiger partial charge in [-0.25, -0.2) is 9.97 Å². The number of nitrogens with one attached hydrogen (secondary N) is 2. The van der Waals surface area contributed by atoms with Crippen LogP contribution >= 0.6 is 0 Å². The number of hydrogen-bond acceptors (Lipinski definition) is 9. The minimum atomic E-state index is -4.71. The summed E-state index contributed by atoms with van der Waals surface area (Å²) in [6, 6.07) is 6.89. The highest BCUT2D eigenvalue weighted by molar-refractivity contribution is 5.96. The number of benzene rings is 1. The smallest absolute Gasteiger partial charge is 0.378 e. The molecule has 0 fully saturated rings. The van der Waals surface area contributed by atoms with Crippen molar-refractivity contribution in [2.45, 2.75) is 33.0 Å². The molecule has 0 atom stereocenters. The summed E-state index contributed by atoms with van der Waals surface area (Å²) < 4.78 is 55.1. The Kier molecular flexibility index (Phi) is 8.73. The van der Waals surface area contributed by atoms with E-state index in [2.05, 4.69) is 30.9 Å². The number of carbonyl (C=O) groups is 1. The van der Waals surface area contributed by atoms with E-state index >= 15 is 0 Å². The average Bonchev–Trinajstić information content (AvgIpc) is 3.71. The standard InChI is InChI=1S/C28H30F3N9O3/c1-3-18-13-19(4-5-21(18)27(41)34-8-11-42-10-6-32)36-25-26-35-14-23(40(26)9-7-33-25)22-16-39(37-24(22)28(29,30)31)15-20-12-17(2)43-38-20/h4-5,7,9,12-14,16H,3,6,8,10-11,15,32H2,1-2H3,(H,33,36)(H,34,41). The van der Waals surface area contributed by atoms with E-state index in [1.54, 1.807) is 25.1 Å². The number of nitrogens with two attached hydrogens (primary N) is 1. The monoisotopic (exact) mass is 597 g/mol. The lowest BCUT2D eigenvalue weighted by Crippen LogP contribution is -2.28. The largest absolute Gasteiger partial charge is 0.435 e. The summed E-state index contributed by atoms with van der Waals surface area (Å²) in [6.07, 6.45) is 1.54. The highest BCUT2D eigenvalue weighted by Crippen LogP contribution is 2.37. The van der Waals surface area contributed by atoms with Crippen molar-refractivity contribution in [2.75, 3.05) is 31.6 Å². The van der Waals surface area contributed by atoms with E-state index in [9.17, 15) is 18.0 Å². The molecular formula is C28H30F3N9O3. The van der Waals surface area contributed by atoms with Crippen molar-refractivity contribution >= 4 is 23.1 Å². The molecule has 1 amide bonds. The van der Waals surface area contributed by atoms with Gasteiger partial charge in [0, 0.05) is 49.0 Å². The second kappa shape index (κ2) is 12.6. The lowest BCUT2D eigenvalue weighted by atomic mass is 10.0. The van der Waals surface area contributed by atoms with Crippen LogP contribution in [0.3, 0.4) is 0 Å². The zero-order chi connectivity index (χ0) is 30.6. The highest BCUT2D eigenvalue weighted by Gasteiger charge is 2.38. The van der Waals surface area contributed by atoms with Gasteiger partial charge < -0.3 is 25.6 Å². The number of aromatic nitrogens is 6. The lowest BCUT2D eigenvalue weighted by molar-refractivity contribution is -0.141. The van der Waals surface area contributed by atoms with Crippen molar-refractivity contribution in [3.63, 3.8) is 0 Å².